The molecule has 6 heteroatoms. The lowest BCUT2D eigenvalue weighted by molar-refractivity contribution is 0.339. The van der Waals surface area contributed by atoms with Gasteiger partial charge >= 0.3 is 0 Å². The highest BCUT2D eigenvalue weighted by molar-refractivity contribution is 7.91. The molecular weight excluding hydrogens is 252 g/mol. The molecule has 1 aromatic rings. The van der Waals surface area contributed by atoms with Gasteiger partial charge in [0, 0.05) is 12.5 Å². The lowest BCUT2D eigenvalue weighted by Crippen LogP contribution is -2.10. The first-order valence-electron chi connectivity index (χ1n) is 5.63. The van der Waals surface area contributed by atoms with Crippen molar-refractivity contribution >= 4 is 15.5 Å². The first-order valence-corrected chi connectivity index (χ1v) is 7.28. The summed E-state index contributed by atoms with van der Waals surface area (Å²) in [4.78, 5) is 0.0754. The largest absolute Gasteiger partial charge is 0.494 e. The molecule has 0 amide bonds. The smallest absolute Gasteiger partial charge is 0.180 e. The normalized spacial score (nSPS) is 10.9. The molecule has 5 nitrogen and oxygen atoms in total. The third-order valence-electron chi connectivity index (χ3n) is 2.33. The summed E-state index contributed by atoms with van der Waals surface area (Å²) in [7, 11) is -3.46. The molecule has 0 radical (unpaired) electrons. The van der Waals surface area contributed by atoms with Gasteiger partial charge in [0.15, 0.2) is 9.84 Å². The summed E-state index contributed by atoms with van der Waals surface area (Å²) >= 11 is 0. The Morgan fingerprint density at radius 1 is 1.44 bits per heavy atom. The fourth-order valence-corrected chi connectivity index (χ4v) is 2.96. The molecule has 2 N–H and O–H groups in total. The molecular formula is C12H16N2O3S. The van der Waals surface area contributed by atoms with E-state index in [4.69, 9.17) is 15.7 Å². The van der Waals surface area contributed by atoms with Crippen LogP contribution in [0.15, 0.2) is 23.1 Å². The number of unbranched alkanes of at least 4 members (excludes halogenated alkanes) is 1. The van der Waals surface area contributed by atoms with Crippen molar-refractivity contribution < 1.29 is 13.2 Å². The first-order chi connectivity index (χ1) is 8.51. The van der Waals surface area contributed by atoms with Crippen molar-refractivity contribution in [2.24, 2.45) is 0 Å². The highest BCUT2D eigenvalue weighted by Crippen LogP contribution is 2.25. The lowest BCUT2D eigenvalue weighted by atomic mass is 10.3. The third kappa shape index (κ3) is 3.64. The van der Waals surface area contributed by atoms with E-state index in [1.165, 1.54) is 12.1 Å². The standard InChI is InChI=1S/C12H16N2O3S/c1-2-17-10-5-6-11(14)12(9-10)18(15,16)8-4-3-7-13/h5-6,9H,2-4,8,14H2,1H3. The van der Waals surface area contributed by atoms with Crippen LogP contribution in [0.3, 0.4) is 0 Å². The average Bonchev–Trinajstić information content (AvgIpc) is 2.32. The number of nitriles is 1. The molecule has 1 rings (SSSR count). The summed E-state index contributed by atoms with van der Waals surface area (Å²) in [5.41, 5.74) is 5.88. The van der Waals surface area contributed by atoms with Crippen LogP contribution in [0, 0.1) is 11.3 Å². The molecule has 0 unspecified atom stereocenters. The van der Waals surface area contributed by atoms with Gasteiger partial charge in [-0.15, -0.1) is 0 Å². The number of benzene rings is 1. The Labute approximate surface area is 107 Å². The Kier molecular flexibility index (Phi) is 4.98. The van der Waals surface area contributed by atoms with E-state index in [2.05, 4.69) is 0 Å². The third-order valence-corrected chi connectivity index (χ3v) is 4.18. The number of sulfone groups is 1. The number of hydrogen-bond acceptors (Lipinski definition) is 5. The SMILES string of the molecule is CCOc1ccc(N)c(S(=O)(=O)CCCC#N)c1. The summed E-state index contributed by atoms with van der Waals surface area (Å²) in [6.07, 6.45) is 0.515. The predicted molar refractivity (Wildman–Crippen MR) is 68.9 cm³/mol. The van der Waals surface area contributed by atoms with Gasteiger partial charge in [-0.2, -0.15) is 5.26 Å². The average molecular weight is 268 g/mol. The number of rotatable bonds is 6. The van der Waals surface area contributed by atoms with Crippen molar-refractivity contribution in [2.75, 3.05) is 18.1 Å². The molecule has 0 aliphatic heterocycles. The van der Waals surface area contributed by atoms with E-state index >= 15 is 0 Å². The number of nitrogens with two attached hydrogens (primary N) is 1. The Hall–Kier alpha value is -1.74. The zero-order valence-corrected chi connectivity index (χ0v) is 11.0. The maximum atomic E-state index is 12.0. The highest BCUT2D eigenvalue weighted by atomic mass is 32.2. The minimum Gasteiger partial charge on any atom is -0.494 e. The van der Waals surface area contributed by atoms with Gasteiger partial charge in [0.1, 0.15) is 5.75 Å². The molecule has 0 atom stereocenters. The summed E-state index contributed by atoms with van der Waals surface area (Å²) in [6.45, 7) is 2.27. The van der Waals surface area contributed by atoms with Crippen molar-refractivity contribution in [2.45, 2.75) is 24.7 Å². The van der Waals surface area contributed by atoms with Crippen LogP contribution >= 0.6 is 0 Å². The fourth-order valence-electron chi connectivity index (χ4n) is 1.49. The van der Waals surface area contributed by atoms with Crippen molar-refractivity contribution in [3.05, 3.63) is 18.2 Å². The molecule has 0 fully saturated rings. The van der Waals surface area contributed by atoms with Crippen LogP contribution < -0.4 is 10.5 Å². The number of nitrogens with zero attached hydrogens (tertiary/aromatic N) is 1. The molecule has 0 aliphatic rings. The van der Waals surface area contributed by atoms with Crippen molar-refractivity contribution in [1.29, 1.82) is 5.26 Å². The zero-order valence-electron chi connectivity index (χ0n) is 10.2. The van der Waals surface area contributed by atoms with Crippen LogP contribution in [0.1, 0.15) is 19.8 Å². The van der Waals surface area contributed by atoms with Crippen molar-refractivity contribution in [3.8, 4) is 11.8 Å². The van der Waals surface area contributed by atoms with E-state index < -0.39 is 9.84 Å². The number of hydrogen-bond donors (Lipinski definition) is 1. The van der Waals surface area contributed by atoms with Gasteiger partial charge in [-0.1, -0.05) is 0 Å². The van der Waals surface area contributed by atoms with E-state index in [1.807, 2.05) is 13.0 Å². The molecule has 18 heavy (non-hydrogen) atoms. The molecule has 1 aromatic carbocycles. The topological polar surface area (TPSA) is 93.2 Å². The summed E-state index contributed by atoms with van der Waals surface area (Å²) in [5.74, 6) is 0.394. The fraction of sp³-hybridized carbons (Fsp3) is 0.417. The Morgan fingerprint density at radius 2 is 2.17 bits per heavy atom. The Bertz CT molecular complexity index is 547. The van der Waals surface area contributed by atoms with Gasteiger partial charge in [-0.25, -0.2) is 8.42 Å². The van der Waals surface area contributed by atoms with Gasteiger partial charge < -0.3 is 10.5 Å². The van der Waals surface area contributed by atoms with E-state index in [1.54, 1.807) is 6.07 Å². The predicted octanol–water partition coefficient (Wildman–Crippen LogP) is 1.74. The molecule has 0 aromatic heterocycles. The molecule has 0 spiro atoms. The van der Waals surface area contributed by atoms with Crippen LogP contribution in [-0.4, -0.2) is 20.8 Å². The highest BCUT2D eigenvalue weighted by Gasteiger charge is 2.18. The molecule has 0 heterocycles. The van der Waals surface area contributed by atoms with Crippen LogP contribution in [0.4, 0.5) is 5.69 Å². The van der Waals surface area contributed by atoms with E-state index in [0.717, 1.165) is 0 Å². The Morgan fingerprint density at radius 3 is 2.78 bits per heavy atom. The van der Waals surface area contributed by atoms with Crippen LogP contribution in [0.25, 0.3) is 0 Å². The van der Waals surface area contributed by atoms with Crippen molar-refractivity contribution in [1.82, 2.24) is 0 Å². The molecule has 0 aliphatic carbocycles. The molecule has 0 saturated heterocycles. The first kappa shape index (κ1) is 14.3. The molecule has 0 bridgehead atoms. The second kappa shape index (κ2) is 6.26. The van der Waals surface area contributed by atoms with E-state index in [0.29, 0.717) is 18.8 Å². The number of nitrogen functional groups attached to an aromatic ring is 1. The number of ether oxygens (including phenoxy) is 1. The van der Waals surface area contributed by atoms with Crippen LogP contribution in [-0.2, 0) is 9.84 Å². The number of anilines is 1. The summed E-state index contributed by atoms with van der Waals surface area (Å²) in [5, 5.41) is 8.41. The van der Waals surface area contributed by atoms with E-state index in [9.17, 15) is 8.42 Å². The second-order valence-corrected chi connectivity index (χ2v) is 5.79. The van der Waals surface area contributed by atoms with Crippen LogP contribution in [0.2, 0.25) is 0 Å². The van der Waals surface area contributed by atoms with Gasteiger partial charge in [0.25, 0.3) is 0 Å². The maximum absolute atomic E-state index is 12.0. The summed E-state index contributed by atoms with van der Waals surface area (Å²) < 4.78 is 29.3. The van der Waals surface area contributed by atoms with E-state index in [-0.39, 0.29) is 22.8 Å². The molecule has 0 saturated carbocycles. The van der Waals surface area contributed by atoms with Crippen molar-refractivity contribution in [3.63, 3.8) is 0 Å². The van der Waals surface area contributed by atoms with Crippen LogP contribution in [0.5, 0.6) is 5.75 Å². The minimum absolute atomic E-state index is 0.0754. The van der Waals surface area contributed by atoms with Gasteiger partial charge in [-0.3, -0.25) is 0 Å². The minimum atomic E-state index is -3.46. The van der Waals surface area contributed by atoms with Gasteiger partial charge in [-0.05, 0) is 25.5 Å². The monoisotopic (exact) mass is 268 g/mol. The maximum Gasteiger partial charge on any atom is 0.180 e. The van der Waals surface area contributed by atoms with Gasteiger partial charge in [0.2, 0.25) is 0 Å². The van der Waals surface area contributed by atoms with Gasteiger partial charge in [0.05, 0.1) is 29.0 Å². The summed E-state index contributed by atoms with van der Waals surface area (Å²) in [6, 6.07) is 6.50. The zero-order chi connectivity index (χ0) is 13.6. The quantitative estimate of drug-likeness (QED) is 0.626. The Balaban J connectivity index is 3.00. The second-order valence-electron chi connectivity index (χ2n) is 3.71. The molecule has 98 valence electrons. The lowest BCUT2D eigenvalue weighted by Gasteiger charge is -2.09.